The third-order valence-corrected chi connectivity index (χ3v) is 2.65. The molecule has 0 radical (unpaired) electrons. The predicted octanol–water partition coefficient (Wildman–Crippen LogP) is 1.41. The third-order valence-electron chi connectivity index (χ3n) is 2.65. The van der Waals surface area contributed by atoms with E-state index in [1.54, 1.807) is 0 Å². The van der Waals surface area contributed by atoms with Gasteiger partial charge in [-0.3, -0.25) is 4.68 Å². The maximum absolute atomic E-state index is 4.31. The highest BCUT2D eigenvalue weighted by Gasteiger charge is 2.27. The van der Waals surface area contributed by atoms with Crippen molar-refractivity contribution in [2.24, 2.45) is 7.05 Å². The van der Waals surface area contributed by atoms with Crippen molar-refractivity contribution in [2.45, 2.75) is 32.2 Å². The molecular formula is C10H17N3. The molecule has 72 valence electrons. The summed E-state index contributed by atoms with van der Waals surface area (Å²) in [5.74, 6) is 0.808. The fraction of sp³-hybridized carbons (Fsp3) is 0.700. The normalized spacial score (nSPS) is 16.5. The van der Waals surface area contributed by atoms with E-state index in [0.717, 1.165) is 19.0 Å². The summed E-state index contributed by atoms with van der Waals surface area (Å²) in [7, 11) is 2.03. The van der Waals surface area contributed by atoms with Gasteiger partial charge in [0.05, 0.1) is 11.9 Å². The van der Waals surface area contributed by atoms with Gasteiger partial charge in [-0.15, -0.1) is 0 Å². The Morgan fingerprint density at radius 2 is 2.38 bits per heavy atom. The molecule has 1 aromatic rings. The minimum Gasteiger partial charge on any atom is -0.311 e. The zero-order valence-corrected chi connectivity index (χ0v) is 8.38. The molecule has 0 spiro atoms. The van der Waals surface area contributed by atoms with Crippen molar-refractivity contribution < 1.29 is 0 Å². The number of aryl methyl sites for hydroxylation is 1. The number of hydrogen-bond acceptors (Lipinski definition) is 2. The van der Waals surface area contributed by atoms with Gasteiger partial charge < -0.3 is 5.32 Å². The highest BCUT2D eigenvalue weighted by atomic mass is 15.3. The second-order valence-electron chi connectivity index (χ2n) is 3.72. The zero-order chi connectivity index (χ0) is 9.26. The molecule has 0 aliphatic heterocycles. The van der Waals surface area contributed by atoms with Crippen LogP contribution in [0.1, 0.15) is 36.9 Å². The van der Waals surface area contributed by atoms with Crippen LogP contribution in [0.3, 0.4) is 0 Å². The van der Waals surface area contributed by atoms with Crippen LogP contribution in [0.2, 0.25) is 0 Å². The highest BCUT2D eigenvalue weighted by Crippen LogP contribution is 2.41. The summed E-state index contributed by atoms with van der Waals surface area (Å²) < 4.78 is 2.00. The van der Waals surface area contributed by atoms with Gasteiger partial charge in [0, 0.05) is 13.6 Å². The van der Waals surface area contributed by atoms with Gasteiger partial charge in [-0.1, -0.05) is 6.92 Å². The van der Waals surface area contributed by atoms with E-state index in [-0.39, 0.29) is 0 Å². The van der Waals surface area contributed by atoms with Crippen LogP contribution in [0.5, 0.6) is 0 Å². The van der Waals surface area contributed by atoms with E-state index in [9.17, 15) is 0 Å². The monoisotopic (exact) mass is 179 g/mol. The summed E-state index contributed by atoms with van der Waals surface area (Å²) in [5, 5.41) is 7.66. The van der Waals surface area contributed by atoms with Gasteiger partial charge in [0.1, 0.15) is 0 Å². The Morgan fingerprint density at radius 1 is 1.62 bits per heavy atom. The number of nitrogens with one attached hydrogen (secondary N) is 1. The average molecular weight is 179 g/mol. The van der Waals surface area contributed by atoms with Crippen LogP contribution >= 0.6 is 0 Å². The number of aromatic nitrogens is 2. The Labute approximate surface area is 79.1 Å². The van der Waals surface area contributed by atoms with Crippen molar-refractivity contribution in [1.82, 2.24) is 15.1 Å². The van der Waals surface area contributed by atoms with Gasteiger partial charge in [-0.25, -0.2) is 0 Å². The van der Waals surface area contributed by atoms with Crippen LogP contribution in [0, 0.1) is 0 Å². The Hall–Kier alpha value is -0.830. The van der Waals surface area contributed by atoms with E-state index in [1.807, 2.05) is 17.9 Å². The van der Waals surface area contributed by atoms with Gasteiger partial charge in [0.25, 0.3) is 0 Å². The fourth-order valence-corrected chi connectivity index (χ4v) is 1.68. The van der Waals surface area contributed by atoms with Gasteiger partial charge in [-0.2, -0.15) is 5.10 Å². The summed E-state index contributed by atoms with van der Waals surface area (Å²) >= 11 is 0. The van der Waals surface area contributed by atoms with Crippen molar-refractivity contribution >= 4 is 0 Å². The predicted molar refractivity (Wildman–Crippen MR) is 52.6 cm³/mol. The summed E-state index contributed by atoms with van der Waals surface area (Å²) in [6.45, 7) is 4.11. The molecule has 1 aromatic heterocycles. The van der Waals surface area contributed by atoms with Crippen molar-refractivity contribution in [1.29, 1.82) is 0 Å². The van der Waals surface area contributed by atoms with Crippen LogP contribution < -0.4 is 5.32 Å². The van der Waals surface area contributed by atoms with E-state index in [2.05, 4.69) is 17.3 Å². The Bertz CT molecular complexity index is 286. The Morgan fingerprint density at radius 3 is 3.00 bits per heavy atom. The first kappa shape index (κ1) is 8.75. The topological polar surface area (TPSA) is 29.9 Å². The number of rotatable bonds is 4. The lowest BCUT2D eigenvalue weighted by Crippen LogP contribution is -2.15. The molecule has 0 atom stereocenters. The van der Waals surface area contributed by atoms with E-state index >= 15 is 0 Å². The van der Waals surface area contributed by atoms with Gasteiger partial charge >= 0.3 is 0 Å². The first-order valence-electron chi connectivity index (χ1n) is 5.04. The molecule has 0 amide bonds. The molecular weight excluding hydrogens is 162 g/mol. The zero-order valence-electron chi connectivity index (χ0n) is 8.38. The highest BCUT2D eigenvalue weighted by molar-refractivity contribution is 5.26. The van der Waals surface area contributed by atoms with Crippen LogP contribution in [0.4, 0.5) is 0 Å². The van der Waals surface area contributed by atoms with Gasteiger partial charge in [0.15, 0.2) is 0 Å². The molecule has 1 aliphatic rings. The van der Waals surface area contributed by atoms with E-state index in [0.29, 0.717) is 0 Å². The molecule has 3 nitrogen and oxygen atoms in total. The fourth-order valence-electron chi connectivity index (χ4n) is 1.68. The van der Waals surface area contributed by atoms with E-state index in [1.165, 1.54) is 24.1 Å². The first-order valence-corrected chi connectivity index (χ1v) is 5.04. The molecule has 3 heteroatoms. The third kappa shape index (κ3) is 1.75. The molecule has 1 heterocycles. The van der Waals surface area contributed by atoms with Crippen molar-refractivity contribution in [3.05, 3.63) is 17.5 Å². The molecule has 0 bridgehead atoms. The second-order valence-corrected chi connectivity index (χ2v) is 3.72. The molecule has 1 aliphatic carbocycles. The molecule has 13 heavy (non-hydrogen) atoms. The van der Waals surface area contributed by atoms with Crippen LogP contribution in [-0.4, -0.2) is 16.3 Å². The molecule has 0 unspecified atom stereocenters. The standard InChI is InChI=1S/C10H17N3/c1-3-11-7-10-9(8-4-5-8)6-12-13(10)2/h6,8,11H,3-5,7H2,1-2H3. The minimum absolute atomic E-state index is 0.808. The molecule has 1 N–H and O–H groups in total. The van der Waals surface area contributed by atoms with Gasteiger partial charge in [0.2, 0.25) is 0 Å². The summed E-state index contributed by atoms with van der Waals surface area (Å²) in [6.07, 6.45) is 4.74. The van der Waals surface area contributed by atoms with Gasteiger partial charge in [-0.05, 0) is 30.9 Å². The molecule has 1 saturated carbocycles. The number of nitrogens with zero attached hydrogens (tertiary/aromatic N) is 2. The lowest BCUT2D eigenvalue weighted by atomic mass is 10.1. The van der Waals surface area contributed by atoms with Crippen LogP contribution in [0.15, 0.2) is 6.20 Å². The maximum atomic E-state index is 4.31. The molecule has 2 rings (SSSR count). The maximum Gasteiger partial charge on any atom is 0.0553 e. The summed E-state index contributed by atoms with van der Waals surface area (Å²) in [4.78, 5) is 0. The quantitative estimate of drug-likeness (QED) is 0.757. The lowest BCUT2D eigenvalue weighted by Gasteiger charge is -2.05. The second kappa shape index (κ2) is 3.50. The number of hydrogen-bond donors (Lipinski definition) is 1. The van der Waals surface area contributed by atoms with Crippen LogP contribution in [-0.2, 0) is 13.6 Å². The smallest absolute Gasteiger partial charge is 0.0553 e. The van der Waals surface area contributed by atoms with E-state index < -0.39 is 0 Å². The SMILES string of the molecule is CCNCc1c(C2CC2)cnn1C. The van der Waals surface area contributed by atoms with Crippen molar-refractivity contribution in [3.63, 3.8) is 0 Å². The van der Waals surface area contributed by atoms with Crippen molar-refractivity contribution in [2.75, 3.05) is 6.54 Å². The largest absolute Gasteiger partial charge is 0.311 e. The molecule has 0 aromatic carbocycles. The van der Waals surface area contributed by atoms with E-state index in [4.69, 9.17) is 0 Å². The summed E-state index contributed by atoms with van der Waals surface area (Å²) in [6, 6.07) is 0. The Balaban J connectivity index is 2.14. The molecule has 0 saturated heterocycles. The minimum atomic E-state index is 0.808. The lowest BCUT2D eigenvalue weighted by molar-refractivity contribution is 0.638. The Kier molecular flexibility index (Phi) is 2.36. The molecule has 1 fully saturated rings. The van der Waals surface area contributed by atoms with Crippen LogP contribution in [0.25, 0.3) is 0 Å². The summed E-state index contributed by atoms with van der Waals surface area (Å²) in [5.41, 5.74) is 2.83. The average Bonchev–Trinajstić information content (AvgIpc) is 2.89. The first-order chi connectivity index (χ1) is 6.33. The van der Waals surface area contributed by atoms with Crippen molar-refractivity contribution in [3.8, 4) is 0 Å².